The quantitative estimate of drug-likeness (QED) is 0.484. The maximum Gasteiger partial charge on any atom is 0.282 e. The first-order valence-corrected chi connectivity index (χ1v) is 10.2. The summed E-state index contributed by atoms with van der Waals surface area (Å²) < 4.78 is 8.09. The molecule has 0 aliphatic rings. The molecule has 6 heteroatoms. The second-order valence-electron chi connectivity index (χ2n) is 7.06. The van der Waals surface area contributed by atoms with Gasteiger partial charge in [-0.05, 0) is 49.2 Å². The van der Waals surface area contributed by atoms with E-state index in [9.17, 15) is 4.79 Å². The van der Waals surface area contributed by atoms with Gasteiger partial charge in [-0.3, -0.25) is 4.79 Å². The molecule has 5 nitrogen and oxygen atoms in total. The summed E-state index contributed by atoms with van der Waals surface area (Å²) in [6.45, 7) is 8.12. The van der Waals surface area contributed by atoms with Crippen molar-refractivity contribution in [3.8, 4) is 5.75 Å². The normalized spacial score (nSPS) is 12.8. The summed E-state index contributed by atoms with van der Waals surface area (Å²) in [4.78, 5) is 17.7. The lowest BCUT2D eigenvalue weighted by Gasteiger charge is -2.13. The van der Waals surface area contributed by atoms with Crippen molar-refractivity contribution in [1.82, 2.24) is 9.66 Å². The van der Waals surface area contributed by atoms with Crippen LogP contribution < -0.4 is 10.3 Å². The molecular formula is C22H24BrN3O2. The summed E-state index contributed by atoms with van der Waals surface area (Å²) >= 11 is 3.42. The second kappa shape index (κ2) is 8.69. The highest BCUT2D eigenvalue weighted by Gasteiger charge is 2.13. The molecule has 0 fully saturated rings. The summed E-state index contributed by atoms with van der Waals surface area (Å²) in [5.74, 6) is 1.47. The lowest BCUT2D eigenvalue weighted by atomic mass is 10.2. The van der Waals surface area contributed by atoms with Gasteiger partial charge in [-0.1, -0.05) is 48.8 Å². The molecule has 0 aliphatic carbocycles. The highest BCUT2D eigenvalue weighted by atomic mass is 79.9. The molecule has 0 radical (unpaired) electrons. The van der Waals surface area contributed by atoms with E-state index in [0.717, 1.165) is 22.2 Å². The molecular weight excluding hydrogens is 418 g/mol. The van der Waals surface area contributed by atoms with E-state index in [1.54, 1.807) is 12.3 Å². The van der Waals surface area contributed by atoms with E-state index in [-0.39, 0.29) is 17.6 Å². The smallest absolute Gasteiger partial charge is 0.282 e. The number of benzene rings is 2. The minimum atomic E-state index is -0.182. The molecule has 28 heavy (non-hydrogen) atoms. The Balaban J connectivity index is 2.04. The molecule has 1 heterocycles. The lowest BCUT2D eigenvalue weighted by Crippen LogP contribution is -2.23. The Labute approximate surface area is 173 Å². The van der Waals surface area contributed by atoms with Crippen molar-refractivity contribution >= 4 is 33.0 Å². The molecule has 2 aromatic carbocycles. The van der Waals surface area contributed by atoms with Gasteiger partial charge in [0.25, 0.3) is 5.56 Å². The molecule has 0 saturated carbocycles. The van der Waals surface area contributed by atoms with Crippen molar-refractivity contribution in [3.05, 3.63) is 68.7 Å². The van der Waals surface area contributed by atoms with Crippen LogP contribution in [0.15, 0.2) is 56.8 Å². The van der Waals surface area contributed by atoms with Gasteiger partial charge < -0.3 is 4.74 Å². The van der Waals surface area contributed by atoms with Crippen LogP contribution in [0, 0.1) is 0 Å². The van der Waals surface area contributed by atoms with Gasteiger partial charge in [0.2, 0.25) is 0 Å². The molecule has 1 aromatic heterocycles. The molecule has 0 saturated heterocycles. The SMILES string of the molecule is CC[C@H](C)Oc1cccc(C=Nn2c(C(C)C)nc3ccc(Br)cc3c2=O)c1. The van der Waals surface area contributed by atoms with E-state index < -0.39 is 0 Å². The molecule has 0 spiro atoms. The Morgan fingerprint density at radius 2 is 2.00 bits per heavy atom. The van der Waals surface area contributed by atoms with Crippen LogP contribution >= 0.6 is 15.9 Å². The van der Waals surface area contributed by atoms with Crippen molar-refractivity contribution in [3.63, 3.8) is 0 Å². The maximum atomic E-state index is 13.0. The summed E-state index contributed by atoms with van der Waals surface area (Å²) in [5.41, 5.74) is 1.35. The molecule has 3 aromatic rings. The zero-order valence-electron chi connectivity index (χ0n) is 16.5. The fourth-order valence-electron chi connectivity index (χ4n) is 2.76. The minimum Gasteiger partial charge on any atom is -0.491 e. The van der Waals surface area contributed by atoms with Crippen LogP contribution in [0.4, 0.5) is 0 Å². The number of hydrogen-bond acceptors (Lipinski definition) is 4. The first-order chi connectivity index (χ1) is 13.4. The topological polar surface area (TPSA) is 56.5 Å². The van der Waals surface area contributed by atoms with Gasteiger partial charge in [-0.2, -0.15) is 9.78 Å². The molecule has 3 rings (SSSR count). The van der Waals surface area contributed by atoms with Crippen molar-refractivity contribution in [2.45, 2.75) is 46.1 Å². The van der Waals surface area contributed by atoms with Gasteiger partial charge in [0.15, 0.2) is 0 Å². The zero-order chi connectivity index (χ0) is 20.3. The standard InChI is InChI=1S/C22H24BrN3O2/c1-5-15(4)28-18-8-6-7-16(11-18)13-24-26-21(14(2)3)25-20-10-9-17(23)12-19(20)22(26)27/h6-15H,5H2,1-4H3/t15-/m0/s1. The van der Waals surface area contributed by atoms with Crippen molar-refractivity contribution in [2.24, 2.45) is 5.10 Å². The third-order valence-corrected chi connectivity index (χ3v) is 4.94. The largest absolute Gasteiger partial charge is 0.491 e. The molecule has 0 unspecified atom stereocenters. The van der Waals surface area contributed by atoms with Crippen LogP contribution in [-0.4, -0.2) is 22.0 Å². The Hall–Kier alpha value is -2.47. The van der Waals surface area contributed by atoms with Crippen LogP contribution in [0.25, 0.3) is 10.9 Å². The number of nitrogens with zero attached hydrogens (tertiary/aromatic N) is 3. The number of hydrogen-bond donors (Lipinski definition) is 0. The number of fused-ring (bicyclic) bond motifs is 1. The lowest BCUT2D eigenvalue weighted by molar-refractivity contribution is 0.217. The average Bonchev–Trinajstić information content (AvgIpc) is 2.67. The van der Waals surface area contributed by atoms with Gasteiger partial charge in [0.05, 0.1) is 23.2 Å². The van der Waals surface area contributed by atoms with E-state index in [1.165, 1.54) is 4.68 Å². The Kier molecular flexibility index (Phi) is 6.29. The van der Waals surface area contributed by atoms with Gasteiger partial charge in [0, 0.05) is 10.4 Å². The first kappa shape index (κ1) is 20.3. The van der Waals surface area contributed by atoms with Gasteiger partial charge in [0.1, 0.15) is 11.6 Å². The van der Waals surface area contributed by atoms with E-state index in [2.05, 4.69) is 32.9 Å². The van der Waals surface area contributed by atoms with Crippen LogP contribution in [-0.2, 0) is 0 Å². The molecule has 0 N–H and O–H groups in total. The predicted octanol–water partition coefficient (Wildman–Crippen LogP) is 5.34. The maximum absolute atomic E-state index is 13.0. The summed E-state index contributed by atoms with van der Waals surface area (Å²) in [5, 5.41) is 5.00. The van der Waals surface area contributed by atoms with Crippen molar-refractivity contribution < 1.29 is 4.74 Å². The molecule has 0 amide bonds. The molecule has 1 atom stereocenters. The number of ether oxygens (including phenoxy) is 1. The van der Waals surface area contributed by atoms with Crippen LogP contribution in [0.5, 0.6) is 5.75 Å². The minimum absolute atomic E-state index is 0.0537. The first-order valence-electron chi connectivity index (χ1n) is 9.42. The van der Waals surface area contributed by atoms with Crippen molar-refractivity contribution in [2.75, 3.05) is 0 Å². The Morgan fingerprint density at radius 3 is 2.71 bits per heavy atom. The van der Waals surface area contributed by atoms with Crippen molar-refractivity contribution in [1.29, 1.82) is 0 Å². The number of rotatable bonds is 6. The summed E-state index contributed by atoms with van der Waals surface area (Å²) in [6, 6.07) is 13.2. The fraction of sp³-hybridized carbons (Fsp3) is 0.318. The van der Waals surface area contributed by atoms with Crippen LogP contribution in [0.3, 0.4) is 0 Å². The highest BCUT2D eigenvalue weighted by Crippen LogP contribution is 2.19. The van der Waals surface area contributed by atoms with Gasteiger partial charge in [-0.25, -0.2) is 4.98 Å². The van der Waals surface area contributed by atoms with E-state index in [1.807, 2.05) is 57.2 Å². The number of aromatic nitrogens is 2. The Bertz CT molecular complexity index is 1070. The molecule has 0 bridgehead atoms. The molecule has 0 aliphatic heterocycles. The van der Waals surface area contributed by atoms with E-state index in [4.69, 9.17) is 4.74 Å². The summed E-state index contributed by atoms with van der Waals surface area (Å²) in [6.07, 6.45) is 2.75. The zero-order valence-corrected chi connectivity index (χ0v) is 18.1. The number of halogens is 1. The van der Waals surface area contributed by atoms with Crippen LogP contribution in [0.1, 0.15) is 51.4 Å². The van der Waals surface area contributed by atoms with E-state index in [0.29, 0.717) is 16.7 Å². The van der Waals surface area contributed by atoms with Crippen LogP contribution in [0.2, 0.25) is 0 Å². The third kappa shape index (κ3) is 4.50. The Morgan fingerprint density at radius 1 is 1.21 bits per heavy atom. The monoisotopic (exact) mass is 441 g/mol. The average molecular weight is 442 g/mol. The summed E-state index contributed by atoms with van der Waals surface area (Å²) in [7, 11) is 0. The van der Waals surface area contributed by atoms with Gasteiger partial charge >= 0.3 is 0 Å². The molecule has 146 valence electrons. The van der Waals surface area contributed by atoms with E-state index >= 15 is 0 Å². The third-order valence-electron chi connectivity index (χ3n) is 4.44. The predicted molar refractivity (Wildman–Crippen MR) is 118 cm³/mol. The highest BCUT2D eigenvalue weighted by molar-refractivity contribution is 9.10. The fourth-order valence-corrected chi connectivity index (χ4v) is 3.12. The second-order valence-corrected chi connectivity index (χ2v) is 7.97. The van der Waals surface area contributed by atoms with Gasteiger partial charge in [-0.15, -0.1) is 0 Å².